The van der Waals surface area contributed by atoms with Crippen molar-refractivity contribution in [2.75, 3.05) is 6.54 Å². The Labute approximate surface area is 101 Å². The van der Waals surface area contributed by atoms with Gasteiger partial charge in [-0.25, -0.2) is 0 Å². The third-order valence-electron chi connectivity index (χ3n) is 3.30. The van der Waals surface area contributed by atoms with E-state index in [2.05, 4.69) is 0 Å². The van der Waals surface area contributed by atoms with Crippen molar-refractivity contribution < 1.29 is 14.0 Å². The van der Waals surface area contributed by atoms with Gasteiger partial charge in [0, 0.05) is 18.5 Å². The van der Waals surface area contributed by atoms with Crippen LogP contribution in [0.2, 0.25) is 0 Å². The van der Waals surface area contributed by atoms with Crippen LogP contribution in [0.5, 0.6) is 0 Å². The number of furan rings is 1. The van der Waals surface area contributed by atoms with Crippen LogP contribution in [0.25, 0.3) is 0 Å². The van der Waals surface area contributed by atoms with E-state index in [-0.39, 0.29) is 24.2 Å². The molecular formula is C13H17NO3. The molecule has 17 heavy (non-hydrogen) atoms. The van der Waals surface area contributed by atoms with E-state index < -0.39 is 0 Å². The van der Waals surface area contributed by atoms with E-state index in [1.807, 2.05) is 26.8 Å². The van der Waals surface area contributed by atoms with Crippen molar-refractivity contribution in [3.63, 3.8) is 0 Å². The van der Waals surface area contributed by atoms with Gasteiger partial charge in [-0.1, -0.05) is 0 Å². The lowest BCUT2D eigenvalue weighted by atomic mass is 10.0. The van der Waals surface area contributed by atoms with Crippen molar-refractivity contribution in [1.29, 1.82) is 0 Å². The van der Waals surface area contributed by atoms with Crippen molar-refractivity contribution in [2.24, 2.45) is 0 Å². The Morgan fingerprint density at radius 1 is 1.35 bits per heavy atom. The Morgan fingerprint density at radius 2 is 2.06 bits per heavy atom. The van der Waals surface area contributed by atoms with Crippen LogP contribution < -0.4 is 0 Å². The summed E-state index contributed by atoms with van der Waals surface area (Å²) in [5, 5.41) is 0. The summed E-state index contributed by atoms with van der Waals surface area (Å²) in [6.45, 7) is 6.29. The molecule has 0 spiro atoms. The zero-order chi connectivity index (χ0) is 12.6. The van der Waals surface area contributed by atoms with E-state index in [0.29, 0.717) is 13.0 Å². The Balaban J connectivity index is 2.20. The molecule has 4 heteroatoms. The molecule has 1 atom stereocenters. The molecular weight excluding hydrogens is 218 g/mol. The normalized spacial score (nSPS) is 18.6. The number of nitrogens with zero attached hydrogens (tertiary/aromatic N) is 1. The van der Waals surface area contributed by atoms with E-state index >= 15 is 0 Å². The number of aryl methyl sites for hydroxylation is 2. The number of hydrogen-bond donors (Lipinski definition) is 0. The number of Topliss-reactive ketones (excluding diaryl/α,β-unsaturated/α-hetero) is 1. The van der Waals surface area contributed by atoms with E-state index in [1.165, 1.54) is 0 Å². The van der Waals surface area contributed by atoms with Crippen LogP contribution in [0, 0.1) is 13.8 Å². The van der Waals surface area contributed by atoms with Gasteiger partial charge >= 0.3 is 0 Å². The first-order valence-electron chi connectivity index (χ1n) is 5.87. The Morgan fingerprint density at radius 3 is 2.59 bits per heavy atom. The maximum atomic E-state index is 11.8. The molecule has 4 nitrogen and oxygen atoms in total. The van der Waals surface area contributed by atoms with Crippen LogP contribution in [0.4, 0.5) is 0 Å². The molecule has 0 saturated carbocycles. The predicted octanol–water partition coefficient (Wildman–Crippen LogP) is 2.15. The van der Waals surface area contributed by atoms with Crippen LogP contribution >= 0.6 is 0 Å². The molecule has 1 fully saturated rings. The topological polar surface area (TPSA) is 50.5 Å². The minimum Gasteiger partial charge on any atom is -0.466 e. The average Bonchev–Trinajstić information content (AvgIpc) is 2.57. The van der Waals surface area contributed by atoms with Crippen molar-refractivity contribution in [2.45, 2.75) is 39.7 Å². The molecule has 0 aromatic carbocycles. The van der Waals surface area contributed by atoms with Gasteiger partial charge in [-0.2, -0.15) is 0 Å². The van der Waals surface area contributed by atoms with Gasteiger partial charge in [0.1, 0.15) is 17.3 Å². The monoisotopic (exact) mass is 235 g/mol. The largest absolute Gasteiger partial charge is 0.466 e. The smallest absolute Gasteiger partial charge is 0.230 e. The Hall–Kier alpha value is -1.58. The molecule has 1 aromatic rings. The van der Waals surface area contributed by atoms with Gasteiger partial charge < -0.3 is 9.32 Å². The quantitative estimate of drug-likeness (QED) is 0.738. The van der Waals surface area contributed by atoms with E-state index in [1.54, 1.807) is 4.90 Å². The highest BCUT2D eigenvalue weighted by atomic mass is 16.3. The first-order chi connectivity index (χ1) is 7.99. The van der Waals surface area contributed by atoms with E-state index in [0.717, 1.165) is 17.1 Å². The van der Waals surface area contributed by atoms with E-state index in [9.17, 15) is 9.59 Å². The molecule has 1 aliphatic heterocycles. The summed E-state index contributed by atoms with van der Waals surface area (Å²) >= 11 is 0. The molecule has 1 aromatic heterocycles. The van der Waals surface area contributed by atoms with Crippen molar-refractivity contribution in [1.82, 2.24) is 4.90 Å². The molecule has 1 unspecified atom stereocenters. The van der Waals surface area contributed by atoms with Gasteiger partial charge in [0.25, 0.3) is 0 Å². The number of carbonyl (C=O) groups is 2. The molecule has 1 saturated heterocycles. The average molecular weight is 235 g/mol. The number of carbonyl (C=O) groups excluding carboxylic acids is 2. The maximum Gasteiger partial charge on any atom is 0.230 e. The van der Waals surface area contributed by atoms with Gasteiger partial charge in [0.05, 0.1) is 12.5 Å². The number of piperidine rings is 1. The van der Waals surface area contributed by atoms with Crippen molar-refractivity contribution in [3.8, 4) is 0 Å². The molecule has 2 heterocycles. The summed E-state index contributed by atoms with van der Waals surface area (Å²) < 4.78 is 5.48. The minimum absolute atomic E-state index is 0.0203. The fourth-order valence-corrected chi connectivity index (χ4v) is 2.37. The standard InChI is InChI=1S/C13H17NO3/c1-8-6-12(10(3)17-8)9(2)14-5-4-11(15)7-13(14)16/h6,9H,4-5,7H2,1-3H3. The Kier molecular flexibility index (Phi) is 3.05. The predicted molar refractivity (Wildman–Crippen MR) is 62.6 cm³/mol. The lowest BCUT2D eigenvalue weighted by molar-refractivity contribution is -0.141. The fraction of sp³-hybridized carbons (Fsp3) is 0.538. The molecule has 0 radical (unpaired) electrons. The second-order valence-corrected chi connectivity index (χ2v) is 4.60. The summed E-state index contributed by atoms with van der Waals surface area (Å²) in [6.07, 6.45) is 0.506. The highest BCUT2D eigenvalue weighted by Crippen LogP contribution is 2.28. The van der Waals surface area contributed by atoms with Crippen LogP contribution in [0.1, 0.15) is 42.9 Å². The first kappa shape index (κ1) is 11.9. The van der Waals surface area contributed by atoms with Gasteiger partial charge in [-0.05, 0) is 26.8 Å². The van der Waals surface area contributed by atoms with Crippen molar-refractivity contribution >= 4 is 11.7 Å². The lowest BCUT2D eigenvalue weighted by Crippen LogP contribution is -2.40. The summed E-state index contributed by atoms with van der Waals surface area (Å²) in [4.78, 5) is 24.8. The molecule has 0 N–H and O–H groups in total. The highest BCUT2D eigenvalue weighted by Gasteiger charge is 2.29. The minimum atomic E-state index is -0.0768. The third kappa shape index (κ3) is 2.25. The maximum absolute atomic E-state index is 11.8. The molecule has 0 aliphatic carbocycles. The molecule has 0 bridgehead atoms. The van der Waals surface area contributed by atoms with Crippen LogP contribution in [0.3, 0.4) is 0 Å². The van der Waals surface area contributed by atoms with Gasteiger partial charge in [0.15, 0.2) is 0 Å². The zero-order valence-electron chi connectivity index (χ0n) is 10.4. The number of hydrogen-bond acceptors (Lipinski definition) is 3. The third-order valence-corrected chi connectivity index (χ3v) is 3.30. The SMILES string of the molecule is Cc1cc(C(C)N2CCC(=O)CC2=O)c(C)o1. The summed E-state index contributed by atoms with van der Waals surface area (Å²) in [6, 6.07) is 1.94. The molecule has 1 amide bonds. The van der Waals surface area contributed by atoms with Gasteiger partial charge in [-0.3, -0.25) is 9.59 Å². The fourth-order valence-electron chi connectivity index (χ4n) is 2.37. The lowest BCUT2D eigenvalue weighted by Gasteiger charge is -2.31. The van der Waals surface area contributed by atoms with Crippen molar-refractivity contribution in [3.05, 3.63) is 23.2 Å². The number of amides is 1. The Bertz CT molecular complexity index is 461. The van der Waals surface area contributed by atoms with E-state index in [4.69, 9.17) is 4.42 Å². The van der Waals surface area contributed by atoms with Crippen LogP contribution in [-0.4, -0.2) is 23.1 Å². The zero-order valence-corrected chi connectivity index (χ0v) is 10.4. The molecule has 2 rings (SSSR count). The first-order valence-corrected chi connectivity index (χ1v) is 5.87. The summed E-state index contributed by atoms with van der Waals surface area (Å²) in [5.74, 6) is 1.66. The number of likely N-dealkylation sites (tertiary alicyclic amines) is 1. The summed E-state index contributed by atoms with van der Waals surface area (Å²) in [5.41, 5.74) is 1.03. The number of rotatable bonds is 2. The van der Waals surface area contributed by atoms with Gasteiger partial charge in [0.2, 0.25) is 5.91 Å². The number of ketones is 1. The highest BCUT2D eigenvalue weighted by molar-refractivity contribution is 6.00. The molecule has 92 valence electrons. The second-order valence-electron chi connectivity index (χ2n) is 4.60. The van der Waals surface area contributed by atoms with Crippen LogP contribution in [0.15, 0.2) is 10.5 Å². The van der Waals surface area contributed by atoms with Crippen LogP contribution in [-0.2, 0) is 9.59 Å². The summed E-state index contributed by atoms with van der Waals surface area (Å²) in [7, 11) is 0. The van der Waals surface area contributed by atoms with Gasteiger partial charge in [-0.15, -0.1) is 0 Å². The second kappa shape index (κ2) is 4.35. The molecule has 1 aliphatic rings.